The molecule has 1 amide bonds. The number of carbonyl (C=O) groups is 1. The highest BCUT2D eigenvalue weighted by Gasteiger charge is 2.00. The molecule has 0 bridgehead atoms. The molecule has 0 aliphatic carbocycles. The molecule has 0 radical (unpaired) electrons. The maximum Gasteiger partial charge on any atom is 0.407 e. The molecule has 102 valence electrons. The van der Waals surface area contributed by atoms with Crippen LogP contribution in [-0.4, -0.2) is 26.2 Å². The molecular formula is C13H21ClN2O2. The number of carbonyl (C=O) groups excluding carboxylic acids is 1. The second-order valence-electron chi connectivity index (χ2n) is 3.80. The third kappa shape index (κ3) is 7.92. The van der Waals surface area contributed by atoms with Crippen molar-refractivity contribution in [1.29, 1.82) is 0 Å². The maximum absolute atomic E-state index is 11.3. The molecule has 5 heteroatoms. The van der Waals surface area contributed by atoms with Gasteiger partial charge in [-0.05, 0) is 32.0 Å². The van der Waals surface area contributed by atoms with Gasteiger partial charge in [-0.15, -0.1) is 12.4 Å². The van der Waals surface area contributed by atoms with Crippen molar-refractivity contribution in [2.24, 2.45) is 0 Å². The summed E-state index contributed by atoms with van der Waals surface area (Å²) in [5, 5.41) is 5.78. The summed E-state index contributed by atoms with van der Waals surface area (Å²) in [6.45, 7) is 1.96. The van der Waals surface area contributed by atoms with Crippen LogP contribution in [0.25, 0.3) is 0 Å². The summed E-state index contributed by atoms with van der Waals surface area (Å²) < 4.78 is 5.07. The van der Waals surface area contributed by atoms with E-state index in [1.165, 1.54) is 0 Å². The SMILES string of the molecule is CNCCCCNC(=O)OCc1ccccc1.Cl. The Balaban J connectivity index is 0.00000289. The first-order valence-electron chi connectivity index (χ1n) is 5.92. The zero-order chi connectivity index (χ0) is 12.3. The minimum Gasteiger partial charge on any atom is -0.445 e. The molecule has 0 spiro atoms. The second kappa shape index (κ2) is 10.9. The Kier molecular flexibility index (Phi) is 10.1. The number of nitrogens with one attached hydrogen (secondary N) is 2. The molecule has 0 atom stereocenters. The van der Waals surface area contributed by atoms with Crippen LogP contribution in [0.4, 0.5) is 4.79 Å². The first-order valence-corrected chi connectivity index (χ1v) is 5.92. The fourth-order valence-corrected chi connectivity index (χ4v) is 1.39. The Morgan fingerprint density at radius 3 is 2.50 bits per heavy atom. The van der Waals surface area contributed by atoms with Gasteiger partial charge in [0.2, 0.25) is 0 Å². The zero-order valence-electron chi connectivity index (χ0n) is 10.6. The summed E-state index contributed by atoms with van der Waals surface area (Å²) in [6.07, 6.45) is 1.66. The number of benzene rings is 1. The highest BCUT2D eigenvalue weighted by Crippen LogP contribution is 2.00. The van der Waals surface area contributed by atoms with Gasteiger partial charge >= 0.3 is 6.09 Å². The van der Waals surface area contributed by atoms with E-state index in [2.05, 4.69) is 10.6 Å². The molecule has 1 rings (SSSR count). The summed E-state index contributed by atoms with van der Waals surface area (Å²) in [4.78, 5) is 11.3. The van der Waals surface area contributed by atoms with Crippen LogP contribution in [0.5, 0.6) is 0 Å². The minimum absolute atomic E-state index is 0. The van der Waals surface area contributed by atoms with Crippen LogP contribution in [0.2, 0.25) is 0 Å². The van der Waals surface area contributed by atoms with E-state index in [-0.39, 0.29) is 18.5 Å². The summed E-state index contributed by atoms with van der Waals surface area (Å²) in [7, 11) is 1.92. The Bertz CT molecular complexity index is 320. The summed E-state index contributed by atoms with van der Waals surface area (Å²) in [5.74, 6) is 0. The predicted molar refractivity (Wildman–Crippen MR) is 75.0 cm³/mol. The van der Waals surface area contributed by atoms with Gasteiger partial charge in [-0.3, -0.25) is 0 Å². The van der Waals surface area contributed by atoms with Gasteiger partial charge in [0.1, 0.15) is 6.61 Å². The van der Waals surface area contributed by atoms with E-state index in [1.807, 2.05) is 37.4 Å². The number of ether oxygens (including phenoxy) is 1. The number of rotatable bonds is 7. The number of alkyl carbamates (subject to hydrolysis) is 1. The monoisotopic (exact) mass is 272 g/mol. The molecule has 4 nitrogen and oxygen atoms in total. The van der Waals surface area contributed by atoms with Gasteiger partial charge < -0.3 is 15.4 Å². The molecule has 0 heterocycles. The van der Waals surface area contributed by atoms with Crippen molar-refractivity contribution in [2.75, 3.05) is 20.1 Å². The Morgan fingerprint density at radius 1 is 1.17 bits per heavy atom. The van der Waals surface area contributed by atoms with Crippen LogP contribution in [0.15, 0.2) is 30.3 Å². The van der Waals surface area contributed by atoms with Crippen molar-refractivity contribution >= 4 is 18.5 Å². The molecule has 0 unspecified atom stereocenters. The van der Waals surface area contributed by atoms with E-state index in [0.717, 1.165) is 24.9 Å². The second-order valence-corrected chi connectivity index (χ2v) is 3.80. The molecule has 0 aliphatic heterocycles. The lowest BCUT2D eigenvalue weighted by Gasteiger charge is -2.06. The van der Waals surface area contributed by atoms with Gasteiger partial charge in [0.05, 0.1) is 0 Å². The van der Waals surface area contributed by atoms with Crippen LogP contribution >= 0.6 is 12.4 Å². The normalized spacial score (nSPS) is 9.39. The maximum atomic E-state index is 11.3. The third-order valence-corrected chi connectivity index (χ3v) is 2.34. The van der Waals surface area contributed by atoms with E-state index in [0.29, 0.717) is 13.2 Å². The number of unbranched alkanes of at least 4 members (excludes halogenated alkanes) is 1. The fraction of sp³-hybridized carbons (Fsp3) is 0.462. The van der Waals surface area contributed by atoms with Crippen molar-refractivity contribution in [3.05, 3.63) is 35.9 Å². The van der Waals surface area contributed by atoms with Crippen LogP contribution in [0.3, 0.4) is 0 Å². The predicted octanol–water partition coefficient (Wildman–Crippen LogP) is 2.33. The summed E-state index contributed by atoms with van der Waals surface area (Å²) >= 11 is 0. The smallest absolute Gasteiger partial charge is 0.407 e. The molecule has 18 heavy (non-hydrogen) atoms. The first-order chi connectivity index (χ1) is 8.33. The van der Waals surface area contributed by atoms with Gasteiger partial charge in [-0.25, -0.2) is 4.79 Å². The largest absolute Gasteiger partial charge is 0.445 e. The molecule has 0 saturated carbocycles. The van der Waals surface area contributed by atoms with Crippen LogP contribution < -0.4 is 10.6 Å². The number of hydrogen-bond acceptors (Lipinski definition) is 3. The molecule has 1 aromatic carbocycles. The Hall–Kier alpha value is -1.26. The minimum atomic E-state index is -0.349. The first kappa shape index (κ1) is 16.7. The molecule has 0 saturated heterocycles. The fourth-order valence-electron chi connectivity index (χ4n) is 1.39. The third-order valence-electron chi connectivity index (χ3n) is 2.34. The molecule has 0 aliphatic rings. The van der Waals surface area contributed by atoms with E-state index >= 15 is 0 Å². The Labute approximate surface area is 115 Å². The van der Waals surface area contributed by atoms with E-state index in [1.54, 1.807) is 0 Å². The van der Waals surface area contributed by atoms with Crippen molar-refractivity contribution in [3.63, 3.8) is 0 Å². The zero-order valence-corrected chi connectivity index (χ0v) is 11.5. The quantitative estimate of drug-likeness (QED) is 0.749. The van der Waals surface area contributed by atoms with E-state index < -0.39 is 0 Å². The highest BCUT2D eigenvalue weighted by molar-refractivity contribution is 5.85. The van der Waals surface area contributed by atoms with Gasteiger partial charge in [0.15, 0.2) is 0 Å². The van der Waals surface area contributed by atoms with Crippen LogP contribution in [0, 0.1) is 0 Å². The van der Waals surface area contributed by atoms with Gasteiger partial charge in [0, 0.05) is 6.54 Å². The average Bonchev–Trinajstić information content (AvgIpc) is 2.37. The summed E-state index contributed by atoms with van der Waals surface area (Å²) in [5.41, 5.74) is 0.998. The van der Waals surface area contributed by atoms with Crippen molar-refractivity contribution in [1.82, 2.24) is 10.6 Å². The lowest BCUT2D eigenvalue weighted by molar-refractivity contribution is 0.139. The molecule has 1 aromatic rings. The van der Waals surface area contributed by atoms with Crippen molar-refractivity contribution in [3.8, 4) is 0 Å². The lowest BCUT2D eigenvalue weighted by Crippen LogP contribution is -2.25. The van der Waals surface area contributed by atoms with Gasteiger partial charge in [-0.1, -0.05) is 30.3 Å². The summed E-state index contributed by atoms with van der Waals surface area (Å²) in [6, 6.07) is 9.65. The molecule has 0 aromatic heterocycles. The van der Waals surface area contributed by atoms with Crippen LogP contribution in [-0.2, 0) is 11.3 Å². The Morgan fingerprint density at radius 2 is 1.83 bits per heavy atom. The van der Waals surface area contributed by atoms with Crippen LogP contribution in [0.1, 0.15) is 18.4 Å². The number of hydrogen-bond donors (Lipinski definition) is 2. The van der Waals surface area contributed by atoms with E-state index in [4.69, 9.17) is 4.74 Å². The number of halogens is 1. The van der Waals surface area contributed by atoms with Gasteiger partial charge in [-0.2, -0.15) is 0 Å². The van der Waals surface area contributed by atoms with Gasteiger partial charge in [0.25, 0.3) is 0 Å². The average molecular weight is 273 g/mol. The standard InChI is InChI=1S/C13H20N2O2.ClH/c1-14-9-5-6-10-15-13(16)17-11-12-7-3-2-4-8-12;/h2-4,7-8,14H,5-6,9-11H2,1H3,(H,15,16);1H. The van der Waals surface area contributed by atoms with E-state index in [9.17, 15) is 4.79 Å². The topological polar surface area (TPSA) is 50.4 Å². The molecule has 2 N–H and O–H groups in total. The van der Waals surface area contributed by atoms with Crippen molar-refractivity contribution < 1.29 is 9.53 Å². The lowest BCUT2D eigenvalue weighted by atomic mass is 10.2. The molecule has 0 fully saturated rings. The highest BCUT2D eigenvalue weighted by atomic mass is 35.5. The molecular weight excluding hydrogens is 252 g/mol. The number of amides is 1. The van der Waals surface area contributed by atoms with Crippen molar-refractivity contribution in [2.45, 2.75) is 19.4 Å².